The summed E-state index contributed by atoms with van der Waals surface area (Å²) >= 11 is 0. The first-order chi connectivity index (χ1) is 18.6. The number of nitrogens with one attached hydrogen (secondary N) is 1. The molecule has 3 aliphatic heterocycles. The molecule has 3 N–H and O–H groups in total. The zero-order valence-electron chi connectivity index (χ0n) is 23.8. The average Bonchev–Trinajstić information content (AvgIpc) is 3.49. The maximum absolute atomic E-state index is 13.8. The van der Waals surface area contributed by atoms with Gasteiger partial charge in [0.05, 0.1) is 18.6 Å². The molecule has 3 saturated heterocycles. The highest BCUT2D eigenvalue weighted by Crippen LogP contribution is 2.31. The number of likely N-dealkylation sites (tertiary alicyclic amines) is 2. The molecular weight excluding hydrogens is 496 g/mol. The monoisotopic (exact) mass is 540 g/mol. The molecule has 3 aliphatic rings. The van der Waals surface area contributed by atoms with Crippen LogP contribution < -0.4 is 16.0 Å². The first kappa shape index (κ1) is 29.0. The molecule has 10 heteroatoms. The number of Topliss-reactive ketones (excluding diaryl/α,β-unsaturated/α-hetero) is 1. The SMILES string of the molecule is CCCC(N)C(=O)N1CC(=O)C2C1CCN2C(=O)C(CC(C)C)NC(=O)c1ccc(N2CCN(C)CC2)cc1. The molecule has 0 radical (unpaired) electrons. The predicted molar refractivity (Wildman–Crippen MR) is 150 cm³/mol. The smallest absolute Gasteiger partial charge is 0.251 e. The first-order valence-electron chi connectivity index (χ1n) is 14.3. The molecule has 1 aromatic carbocycles. The Hall–Kier alpha value is -2.98. The van der Waals surface area contributed by atoms with E-state index in [0.29, 0.717) is 31.4 Å². The van der Waals surface area contributed by atoms with Crippen LogP contribution in [-0.4, -0.2) is 109 Å². The average molecular weight is 541 g/mol. The topological polar surface area (TPSA) is 119 Å². The number of fused-ring (bicyclic) bond motifs is 1. The number of hydrogen-bond acceptors (Lipinski definition) is 7. The van der Waals surface area contributed by atoms with Crippen molar-refractivity contribution < 1.29 is 19.2 Å². The van der Waals surface area contributed by atoms with Gasteiger partial charge < -0.3 is 30.7 Å². The summed E-state index contributed by atoms with van der Waals surface area (Å²) in [5, 5.41) is 2.95. The Bertz CT molecular complexity index is 1050. The van der Waals surface area contributed by atoms with Gasteiger partial charge >= 0.3 is 0 Å². The molecular formula is C29H44N6O4. The summed E-state index contributed by atoms with van der Waals surface area (Å²) in [6, 6.07) is 5.09. The summed E-state index contributed by atoms with van der Waals surface area (Å²) in [6.07, 6.45) is 2.32. The molecule has 4 atom stereocenters. The van der Waals surface area contributed by atoms with Crippen LogP contribution in [0.4, 0.5) is 5.69 Å². The highest BCUT2D eigenvalue weighted by molar-refractivity contribution is 6.01. The Morgan fingerprint density at radius 3 is 2.28 bits per heavy atom. The van der Waals surface area contributed by atoms with Crippen LogP contribution in [0.15, 0.2) is 24.3 Å². The van der Waals surface area contributed by atoms with Crippen LogP contribution in [0.2, 0.25) is 0 Å². The van der Waals surface area contributed by atoms with Crippen LogP contribution in [0.25, 0.3) is 0 Å². The molecule has 1 aromatic rings. The summed E-state index contributed by atoms with van der Waals surface area (Å²) in [4.78, 5) is 60.6. The second kappa shape index (κ2) is 12.5. The number of hydrogen-bond donors (Lipinski definition) is 2. The van der Waals surface area contributed by atoms with Crippen LogP contribution in [0.3, 0.4) is 0 Å². The molecule has 0 aliphatic carbocycles. The van der Waals surface area contributed by atoms with Crippen molar-refractivity contribution in [2.75, 3.05) is 51.2 Å². The number of carbonyl (C=O) groups is 4. The van der Waals surface area contributed by atoms with Crippen molar-refractivity contribution in [3.63, 3.8) is 0 Å². The van der Waals surface area contributed by atoms with E-state index in [1.54, 1.807) is 21.9 Å². The maximum atomic E-state index is 13.8. The van der Waals surface area contributed by atoms with Gasteiger partial charge in [0.2, 0.25) is 11.8 Å². The summed E-state index contributed by atoms with van der Waals surface area (Å²) in [5.74, 6) is -0.786. The molecule has 0 saturated carbocycles. The fourth-order valence-electron chi connectivity index (χ4n) is 6.03. The molecule has 214 valence electrons. The van der Waals surface area contributed by atoms with Gasteiger partial charge in [-0.3, -0.25) is 19.2 Å². The van der Waals surface area contributed by atoms with Gasteiger partial charge in [0.1, 0.15) is 12.1 Å². The molecule has 10 nitrogen and oxygen atoms in total. The van der Waals surface area contributed by atoms with Gasteiger partial charge in [0.25, 0.3) is 5.91 Å². The molecule has 3 fully saturated rings. The Kier molecular flexibility index (Phi) is 9.27. The Labute approximate surface area is 231 Å². The zero-order valence-corrected chi connectivity index (χ0v) is 23.8. The molecule has 0 bridgehead atoms. The molecule has 3 amide bonds. The lowest BCUT2D eigenvalue weighted by molar-refractivity contribution is -0.138. The Balaban J connectivity index is 1.43. The summed E-state index contributed by atoms with van der Waals surface area (Å²) in [5.41, 5.74) is 7.64. The van der Waals surface area contributed by atoms with Gasteiger partial charge in [0, 0.05) is 44.0 Å². The summed E-state index contributed by atoms with van der Waals surface area (Å²) in [6.45, 7) is 10.2. The van der Waals surface area contributed by atoms with E-state index in [2.05, 4.69) is 22.2 Å². The quantitative estimate of drug-likeness (QED) is 0.481. The van der Waals surface area contributed by atoms with Crippen LogP contribution in [0.1, 0.15) is 56.8 Å². The lowest BCUT2D eigenvalue weighted by Gasteiger charge is -2.34. The second-order valence-corrected chi connectivity index (χ2v) is 11.7. The van der Waals surface area contributed by atoms with E-state index in [4.69, 9.17) is 5.73 Å². The lowest BCUT2D eigenvalue weighted by atomic mass is 10.0. The van der Waals surface area contributed by atoms with E-state index in [-0.39, 0.29) is 42.0 Å². The van der Waals surface area contributed by atoms with E-state index in [1.165, 1.54) is 0 Å². The third-order valence-electron chi connectivity index (χ3n) is 8.21. The Morgan fingerprint density at radius 2 is 1.67 bits per heavy atom. The van der Waals surface area contributed by atoms with Gasteiger partial charge in [-0.15, -0.1) is 0 Å². The zero-order chi connectivity index (χ0) is 28.3. The predicted octanol–water partition coefficient (Wildman–Crippen LogP) is 1.09. The molecule has 0 aromatic heterocycles. The number of anilines is 1. The van der Waals surface area contributed by atoms with Crippen LogP contribution in [0.5, 0.6) is 0 Å². The number of carbonyl (C=O) groups excluding carboxylic acids is 4. The number of nitrogens with two attached hydrogens (primary N) is 1. The molecule has 4 unspecified atom stereocenters. The first-order valence-corrected chi connectivity index (χ1v) is 14.3. The minimum absolute atomic E-state index is 0.0176. The highest BCUT2D eigenvalue weighted by atomic mass is 16.2. The number of benzene rings is 1. The minimum atomic E-state index is -0.756. The number of likely N-dealkylation sites (N-methyl/N-ethyl adjacent to an activating group) is 1. The lowest BCUT2D eigenvalue weighted by Crippen LogP contribution is -2.53. The number of piperazine rings is 1. The van der Waals surface area contributed by atoms with Crippen LogP contribution in [0, 0.1) is 5.92 Å². The van der Waals surface area contributed by atoms with E-state index >= 15 is 0 Å². The number of nitrogens with zero attached hydrogens (tertiary/aromatic N) is 4. The number of rotatable bonds is 9. The summed E-state index contributed by atoms with van der Waals surface area (Å²) in [7, 11) is 2.11. The van der Waals surface area contributed by atoms with E-state index in [1.807, 2.05) is 32.9 Å². The number of ketones is 1. The fraction of sp³-hybridized carbons (Fsp3) is 0.655. The minimum Gasteiger partial charge on any atom is -0.369 e. The molecule has 0 spiro atoms. The van der Waals surface area contributed by atoms with E-state index in [9.17, 15) is 19.2 Å². The standard InChI is InChI=1S/C29H44N6O4/c1-5-6-22(30)28(38)35-18-25(36)26-24(35)11-12-34(26)29(39)23(17-19(2)3)31-27(37)20-7-9-21(10-8-20)33-15-13-32(4)14-16-33/h7-10,19,22-24,26H,5-6,11-18,30H2,1-4H3,(H,31,37). The second-order valence-electron chi connectivity index (χ2n) is 11.7. The van der Waals surface area contributed by atoms with Crippen molar-refractivity contribution in [2.45, 2.75) is 70.6 Å². The molecule has 39 heavy (non-hydrogen) atoms. The van der Waals surface area contributed by atoms with E-state index < -0.39 is 18.1 Å². The normalized spacial score (nSPS) is 23.2. The van der Waals surface area contributed by atoms with Crippen molar-refractivity contribution in [3.8, 4) is 0 Å². The Morgan fingerprint density at radius 1 is 1.00 bits per heavy atom. The van der Waals surface area contributed by atoms with Crippen molar-refractivity contribution >= 4 is 29.2 Å². The van der Waals surface area contributed by atoms with Crippen molar-refractivity contribution in [2.24, 2.45) is 11.7 Å². The van der Waals surface area contributed by atoms with Gasteiger partial charge in [-0.05, 0) is 56.5 Å². The maximum Gasteiger partial charge on any atom is 0.251 e. The third kappa shape index (κ3) is 6.44. The molecule has 3 heterocycles. The van der Waals surface area contributed by atoms with Gasteiger partial charge in [0.15, 0.2) is 5.78 Å². The number of amides is 3. The van der Waals surface area contributed by atoms with Crippen LogP contribution >= 0.6 is 0 Å². The summed E-state index contributed by atoms with van der Waals surface area (Å²) < 4.78 is 0. The van der Waals surface area contributed by atoms with Crippen molar-refractivity contribution in [1.82, 2.24) is 20.0 Å². The van der Waals surface area contributed by atoms with E-state index in [0.717, 1.165) is 38.3 Å². The van der Waals surface area contributed by atoms with Gasteiger partial charge in [-0.1, -0.05) is 27.2 Å². The largest absolute Gasteiger partial charge is 0.369 e. The fourth-order valence-corrected chi connectivity index (χ4v) is 6.03. The van der Waals surface area contributed by atoms with Gasteiger partial charge in [-0.25, -0.2) is 0 Å². The van der Waals surface area contributed by atoms with Gasteiger partial charge in [-0.2, -0.15) is 0 Å². The highest BCUT2D eigenvalue weighted by Gasteiger charge is 2.52. The van der Waals surface area contributed by atoms with Crippen molar-refractivity contribution in [1.29, 1.82) is 0 Å². The van der Waals surface area contributed by atoms with Crippen molar-refractivity contribution in [3.05, 3.63) is 29.8 Å². The molecule has 4 rings (SSSR count). The third-order valence-corrected chi connectivity index (χ3v) is 8.21. The van der Waals surface area contributed by atoms with Crippen LogP contribution in [-0.2, 0) is 14.4 Å².